The Bertz CT molecular complexity index is 138. The number of nitrogens with zero attached hydrogens (tertiary/aromatic N) is 1. The van der Waals surface area contributed by atoms with E-state index in [1.807, 2.05) is 0 Å². The molecule has 0 N–H and O–H groups in total. The highest BCUT2D eigenvalue weighted by molar-refractivity contribution is 4.67. The molecule has 13 heavy (non-hydrogen) atoms. The first-order valence-corrected chi connectivity index (χ1v) is 5.22. The molecular weight excluding hydrogens is 162 g/mol. The van der Waals surface area contributed by atoms with Crippen molar-refractivity contribution in [2.24, 2.45) is 5.92 Å². The Morgan fingerprint density at radius 1 is 1.15 bits per heavy atom. The molecule has 0 spiro atoms. The van der Waals surface area contributed by atoms with E-state index < -0.39 is 0 Å². The molecule has 0 aliphatic carbocycles. The van der Waals surface area contributed by atoms with Gasteiger partial charge in [0.25, 0.3) is 0 Å². The molecule has 0 fully saturated rings. The number of rotatable bonds is 8. The molecule has 2 nitrogen and oxygen atoms in total. The average molecular weight is 183 g/mol. The minimum Gasteiger partial charge on any atom is -0.381 e. The van der Waals surface area contributed by atoms with Gasteiger partial charge in [-0.25, -0.2) is 0 Å². The third-order valence-electron chi connectivity index (χ3n) is 1.90. The Balaban J connectivity index is 2.88. The van der Waals surface area contributed by atoms with Crippen LogP contribution < -0.4 is 0 Å². The first-order chi connectivity index (χ1) is 6.27. The predicted octanol–water partition coefficient (Wildman–Crippen LogP) is 3.13. The van der Waals surface area contributed by atoms with Gasteiger partial charge in [-0.15, -0.1) is 0 Å². The van der Waals surface area contributed by atoms with Gasteiger partial charge in [-0.05, 0) is 31.6 Å². The normalized spacial score (nSPS) is 10.3. The molecule has 0 saturated carbocycles. The van der Waals surface area contributed by atoms with Gasteiger partial charge < -0.3 is 4.74 Å². The fraction of sp³-hybridized carbons (Fsp3) is 0.909. The number of ether oxygens (including phenoxy) is 1. The van der Waals surface area contributed by atoms with E-state index in [1.165, 1.54) is 6.42 Å². The van der Waals surface area contributed by atoms with E-state index in [0.29, 0.717) is 6.42 Å². The van der Waals surface area contributed by atoms with Crippen molar-refractivity contribution in [2.45, 2.75) is 46.0 Å². The summed E-state index contributed by atoms with van der Waals surface area (Å²) in [4.78, 5) is 0. The summed E-state index contributed by atoms with van der Waals surface area (Å²) in [5.74, 6) is 0.780. The lowest BCUT2D eigenvalue weighted by Gasteiger charge is -2.05. The highest BCUT2D eigenvalue weighted by Gasteiger charge is 1.94. The van der Waals surface area contributed by atoms with Crippen LogP contribution in [0.5, 0.6) is 0 Å². The molecule has 0 radical (unpaired) electrons. The van der Waals surface area contributed by atoms with Crippen LogP contribution in [0.15, 0.2) is 0 Å². The Morgan fingerprint density at radius 3 is 2.46 bits per heavy atom. The topological polar surface area (TPSA) is 33.0 Å². The minimum atomic E-state index is 0.662. The van der Waals surface area contributed by atoms with E-state index >= 15 is 0 Å². The maximum atomic E-state index is 8.28. The minimum absolute atomic E-state index is 0.662. The van der Waals surface area contributed by atoms with Crippen molar-refractivity contribution in [1.29, 1.82) is 5.26 Å². The molecule has 0 aromatic rings. The van der Waals surface area contributed by atoms with Gasteiger partial charge >= 0.3 is 0 Å². The SMILES string of the molecule is CC(C)CCCOCCCCC#N. The van der Waals surface area contributed by atoms with Crippen molar-refractivity contribution in [1.82, 2.24) is 0 Å². The fourth-order valence-electron chi connectivity index (χ4n) is 1.10. The van der Waals surface area contributed by atoms with E-state index in [0.717, 1.165) is 38.4 Å². The molecule has 0 aromatic carbocycles. The highest BCUT2D eigenvalue weighted by atomic mass is 16.5. The number of hydrogen-bond acceptors (Lipinski definition) is 2. The summed E-state index contributed by atoms with van der Waals surface area (Å²) >= 11 is 0. The zero-order valence-electron chi connectivity index (χ0n) is 8.88. The van der Waals surface area contributed by atoms with E-state index in [4.69, 9.17) is 10.00 Å². The van der Waals surface area contributed by atoms with Gasteiger partial charge in [-0.1, -0.05) is 13.8 Å². The molecular formula is C11H21NO. The zero-order chi connectivity index (χ0) is 9.94. The van der Waals surface area contributed by atoms with Crippen LogP contribution >= 0.6 is 0 Å². The lowest BCUT2D eigenvalue weighted by molar-refractivity contribution is 0.124. The van der Waals surface area contributed by atoms with Gasteiger partial charge in [0.1, 0.15) is 0 Å². The molecule has 0 bridgehead atoms. The predicted molar refractivity (Wildman–Crippen MR) is 54.4 cm³/mol. The average Bonchev–Trinajstić information content (AvgIpc) is 2.09. The third kappa shape index (κ3) is 11.5. The van der Waals surface area contributed by atoms with Crippen molar-refractivity contribution < 1.29 is 4.74 Å². The zero-order valence-corrected chi connectivity index (χ0v) is 8.88. The Hall–Kier alpha value is -0.550. The van der Waals surface area contributed by atoms with Crippen LogP contribution in [0.2, 0.25) is 0 Å². The Morgan fingerprint density at radius 2 is 1.85 bits per heavy atom. The lowest BCUT2D eigenvalue weighted by atomic mass is 10.1. The van der Waals surface area contributed by atoms with Gasteiger partial charge in [0.05, 0.1) is 6.07 Å². The second-order valence-electron chi connectivity index (χ2n) is 3.76. The summed E-state index contributed by atoms with van der Waals surface area (Å²) in [6.45, 7) is 6.16. The number of nitriles is 1. The standard InChI is InChI=1S/C11H21NO/c1-11(2)7-6-10-13-9-5-3-4-8-12/h11H,3-7,9-10H2,1-2H3. The summed E-state index contributed by atoms with van der Waals surface area (Å²) in [6, 6.07) is 2.13. The molecule has 0 atom stereocenters. The molecule has 76 valence electrons. The van der Waals surface area contributed by atoms with E-state index in [2.05, 4.69) is 19.9 Å². The summed E-state index contributed by atoms with van der Waals surface area (Å²) in [5, 5.41) is 8.28. The molecule has 0 rings (SSSR count). The maximum absolute atomic E-state index is 8.28. The first kappa shape index (κ1) is 12.4. The molecule has 0 aliphatic rings. The van der Waals surface area contributed by atoms with E-state index in [-0.39, 0.29) is 0 Å². The molecule has 0 heterocycles. The van der Waals surface area contributed by atoms with Crippen molar-refractivity contribution in [3.63, 3.8) is 0 Å². The largest absolute Gasteiger partial charge is 0.381 e. The molecule has 0 aromatic heterocycles. The van der Waals surface area contributed by atoms with E-state index in [9.17, 15) is 0 Å². The summed E-state index contributed by atoms with van der Waals surface area (Å²) in [6.07, 6.45) is 5.07. The lowest BCUT2D eigenvalue weighted by Crippen LogP contribution is -1.98. The molecule has 0 unspecified atom stereocenters. The van der Waals surface area contributed by atoms with Gasteiger partial charge in [-0.2, -0.15) is 5.26 Å². The van der Waals surface area contributed by atoms with Gasteiger partial charge in [0.15, 0.2) is 0 Å². The summed E-state index contributed by atoms with van der Waals surface area (Å²) < 4.78 is 5.42. The molecule has 2 heteroatoms. The van der Waals surface area contributed by atoms with Crippen molar-refractivity contribution >= 4 is 0 Å². The van der Waals surface area contributed by atoms with Crippen LogP contribution in [0.3, 0.4) is 0 Å². The van der Waals surface area contributed by atoms with Crippen molar-refractivity contribution in [3.8, 4) is 6.07 Å². The third-order valence-corrected chi connectivity index (χ3v) is 1.90. The Kier molecular flexibility index (Phi) is 9.13. The summed E-state index contributed by atoms with van der Waals surface area (Å²) in [5.41, 5.74) is 0. The number of unbranched alkanes of at least 4 members (excludes halogenated alkanes) is 2. The van der Waals surface area contributed by atoms with Crippen LogP contribution in [-0.4, -0.2) is 13.2 Å². The van der Waals surface area contributed by atoms with Crippen LogP contribution in [-0.2, 0) is 4.74 Å². The number of hydrogen-bond donors (Lipinski definition) is 0. The summed E-state index contributed by atoms with van der Waals surface area (Å²) in [7, 11) is 0. The maximum Gasteiger partial charge on any atom is 0.0621 e. The second kappa shape index (κ2) is 9.54. The van der Waals surface area contributed by atoms with E-state index in [1.54, 1.807) is 0 Å². The molecule has 0 aliphatic heterocycles. The van der Waals surface area contributed by atoms with Crippen LogP contribution in [0.4, 0.5) is 0 Å². The van der Waals surface area contributed by atoms with Crippen molar-refractivity contribution in [2.75, 3.05) is 13.2 Å². The fourth-order valence-corrected chi connectivity index (χ4v) is 1.10. The monoisotopic (exact) mass is 183 g/mol. The van der Waals surface area contributed by atoms with Crippen molar-refractivity contribution in [3.05, 3.63) is 0 Å². The quantitative estimate of drug-likeness (QED) is 0.542. The van der Waals surface area contributed by atoms with Crippen LogP contribution in [0, 0.1) is 17.2 Å². The molecule has 0 amide bonds. The highest BCUT2D eigenvalue weighted by Crippen LogP contribution is 2.03. The van der Waals surface area contributed by atoms with Gasteiger partial charge in [-0.3, -0.25) is 0 Å². The second-order valence-corrected chi connectivity index (χ2v) is 3.76. The van der Waals surface area contributed by atoms with Gasteiger partial charge in [0.2, 0.25) is 0 Å². The first-order valence-electron chi connectivity index (χ1n) is 5.22. The van der Waals surface area contributed by atoms with Crippen LogP contribution in [0.25, 0.3) is 0 Å². The van der Waals surface area contributed by atoms with Crippen LogP contribution in [0.1, 0.15) is 46.0 Å². The van der Waals surface area contributed by atoms with Gasteiger partial charge in [0, 0.05) is 19.6 Å². The molecule has 0 saturated heterocycles. The Labute approximate surface area is 81.9 Å². The smallest absolute Gasteiger partial charge is 0.0621 e.